The van der Waals surface area contributed by atoms with Crippen LogP contribution in [-0.4, -0.2) is 5.78 Å². The van der Waals surface area contributed by atoms with Crippen molar-refractivity contribution < 1.29 is 4.79 Å². The highest BCUT2D eigenvalue weighted by atomic mass is 16.1. The van der Waals surface area contributed by atoms with Crippen LogP contribution in [0.15, 0.2) is 24.3 Å². The van der Waals surface area contributed by atoms with Crippen molar-refractivity contribution in [2.24, 2.45) is 5.92 Å². The second kappa shape index (κ2) is 4.96. The molecule has 0 aromatic heterocycles. The number of nitrogens with two attached hydrogens (primary N) is 1. The van der Waals surface area contributed by atoms with Crippen molar-refractivity contribution in [3.8, 4) is 0 Å². The summed E-state index contributed by atoms with van der Waals surface area (Å²) in [7, 11) is 0. The Kier molecular flexibility index (Phi) is 3.89. The van der Waals surface area contributed by atoms with Gasteiger partial charge in [0.25, 0.3) is 0 Å². The third kappa shape index (κ3) is 2.82. The van der Waals surface area contributed by atoms with Crippen LogP contribution in [-0.2, 0) is 4.79 Å². The molecule has 0 radical (unpaired) electrons. The van der Waals surface area contributed by atoms with Crippen LogP contribution in [0.25, 0.3) is 0 Å². The number of hydrogen-bond acceptors (Lipinski definition) is 2. The van der Waals surface area contributed by atoms with E-state index in [-0.39, 0.29) is 5.92 Å². The van der Waals surface area contributed by atoms with Crippen LogP contribution >= 0.6 is 0 Å². The Morgan fingerprint density at radius 1 is 1.27 bits per heavy atom. The first-order chi connectivity index (χ1) is 7.06. The number of rotatable bonds is 4. The molecule has 1 atom stereocenters. The molecular weight excluding hydrogens is 186 g/mol. The third-order valence-electron chi connectivity index (χ3n) is 2.66. The number of nitrogen functional groups attached to an aromatic ring is 1. The summed E-state index contributed by atoms with van der Waals surface area (Å²) in [6.07, 6.45) is 0.590. The molecule has 1 aromatic carbocycles. The lowest BCUT2D eigenvalue weighted by Crippen LogP contribution is -2.17. The van der Waals surface area contributed by atoms with Gasteiger partial charge in [0.15, 0.2) is 0 Å². The van der Waals surface area contributed by atoms with Crippen LogP contribution in [0.2, 0.25) is 0 Å². The molecule has 0 amide bonds. The number of Topliss-reactive ketones (excluding diaryl/α,β-unsaturated/α-hetero) is 1. The van der Waals surface area contributed by atoms with Crippen molar-refractivity contribution >= 4 is 11.5 Å². The minimum atomic E-state index is 0.00981. The largest absolute Gasteiger partial charge is 0.399 e. The zero-order valence-electron chi connectivity index (χ0n) is 9.66. The van der Waals surface area contributed by atoms with E-state index in [4.69, 9.17) is 5.73 Å². The number of carbonyl (C=O) groups is 1. The highest BCUT2D eigenvalue weighted by Gasteiger charge is 2.22. The van der Waals surface area contributed by atoms with Crippen LogP contribution in [0.5, 0.6) is 0 Å². The fraction of sp³-hybridized carbons (Fsp3) is 0.462. The molecule has 2 nitrogen and oxygen atoms in total. The zero-order chi connectivity index (χ0) is 11.4. The van der Waals surface area contributed by atoms with Crippen LogP contribution in [0, 0.1) is 5.92 Å². The summed E-state index contributed by atoms with van der Waals surface area (Å²) in [5.74, 6) is 0.645. The van der Waals surface area contributed by atoms with Crippen molar-refractivity contribution in [1.82, 2.24) is 0 Å². The smallest absolute Gasteiger partial charge is 0.140 e. The Morgan fingerprint density at radius 2 is 1.80 bits per heavy atom. The first kappa shape index (κ1) is 11.8. The maximum Gasteiger partial charge on any atom is 0.140 e. The molecule has 1 rings (SSSR count). The van der Waals surface area contributed by atoms with Crippen molar-refractivity contribution in [3.05, 3.63) is 29.8 Å². The lowest BCUT2D eigenvalue weighted by atomic mass is 9.84. The molecule has 0 fully saturated rings. The normalized spacial score (nSPS) is 12.8. The van der Waals surface area contributed by atoms with Gasteiger partial charge in [-0.05, 0) is 23.6 Å². The van der Waals surface area contributed by atoms with E-state index in [1.807, 2.05) is 31.2 Å². The number of carbonyl (C=O) groups excluding carboxylic acids is 1. The Labute approximate surface area is 91.5 Å². The van der Waals surface area contributed by atoms with E-state index in [1.54, 1.807) is 0 Å². The predicted octanol–water partition coefficient (Wildman–Crippen LogP) is 2.99. The summed E-state index contributed by atoms with van der Waals surface area (Å²) in [6, 6.07) is 7.61. The Balaban J connectivity index is 2.99. The molecule has 0 bridgehead atoms. The molecule has 0 saturated heterocycles. The summed E-state index contributed by atoms with van der Waals surface area (Å²) < 4.78 is 0. The molecule has 1 unspecified atom stereocenters. The Hall–Kier alpha value is -1.31. The van der Waals surface area contributed by atoms with Gasteiger partial charge in [0.1, 0.15) is 5.78 Å². The number of hydrogen-bond donors (Lipinski definition) is 1. The summed E-state index contributed by atoms with van der Waals surface area (Å²) >= 11 is 0. The third-order valence-corrected chi connectivity index (χ3v) is 2.66. The lowest BCUT2D eigenvalue weighted by Gasteiger charge is -2.19. The number of anilines is 1. The van der Waals surface area contributed by atoms with Gasteiger partial charge in [-0.3, -0.25) is 4.79 Å². The molecule has 82 valence electrons. The summed E-state index contributed by atoms with van der Waals surface area (Å²) in [6.45, 7) is 6.07. The highest BCUT2D eigenvalue weighted by Crippen LogP contribution is 2.27. The van der Waals surface area contributed by atoms with Crippen molar-refractivity contribution in [2.45, 2.75) is 33.1 Å². The molecule has 0 heterocycles. The van der Waals surface area contributed by atoms with Crippen LogP contribution in [0.1, 0.15) is 38.7 Å². The SMILES string of the molecule is CCC(=O)C(c1ccc(N)cc1)C(C)C. The van der Waals surface area contributed by atoms with E-state index in [2.05, 4.69) is 13.8 Å². The number of benzene rings is 1. The van der Waals surface area contributed by atoms with Gasteiger partial charge in [0.05, 0.1) is 0 Å². The first-order valence-electron chi connectivity index (χ1n) is 5.44. The van der Waals surface area contributed by atoms with Gasteiger partial charge in [-0.1, -0.05) is 32.9 Å². The van der Waals surface area contributed by atoms with Crippen molar-refractivity contribution in [1.29, 1.82) is 0 Å². The highest BCUT2D eigenvalue weighted by molar-refractivity contribution is 5.85. The average molecular weight is 205 g/mol. The molecular formula is C13H19NO. The summed E-state index contributed by atoms with van der Waals surface area (Å²) in [4.78, 5) is 11.8. The predicted molar refractivity (Wildman–Crippen MR) is 63.7 cm³/mol. The quantitative estimate of drug-likeness (QED) is 0.768. The Bertz CT molecular complexity index is 327. The van der Waals surface area contributed by atoms with Gasteiger partial charge in [0.2, 0.25) is 0 Å². The van der Waals surface area contributed by atoms with E-state index in [1.165, 1.54) is 0 Å². The maximum atomic E-state index is 11.8. The van der Waals surface area contributed by atoms with Gasteiger partial charge in [-0.2, -0.15) is 0 Å². The molecule has 2 heteroatoms. The van der Waals surface area contributed by atoms with Gasteiger partial charge >= 0.3 is 0 Å². The molecule has 0 aliphatic rings. The lowest BCUT2D eigenvalue weighted by molar-refractivity contribution is -0.121. The zero-order valence-corrected chi connectivity index (χ0v) is 9.66. The molecule has 0 saturated carbocycles. The van der Waals surface area contributed by atoms with Gasteiger partial charge in [-0.25, -0.2) is 0 Å². The standard InChI is InChI=1S/C13H19NO/c1-4-12(15)13(9(2)3)10-5-7-11(14)8-6-10/h5-9,13H,4,14H2,1-3H3. The maximum absolute atomic E-state index is 11.8. The van der Waals surface area contributed by atoms with Gasteiger partial charge in [0, 0.05) is 18.0 Å². The number of ketones is 1. The van der Waals surface area contributed by atoms with E-state index in [9.17, 15) is 4.79 Å². The van der Waals surface area contributed by atoms with Crippen molar-refractivity contribution in [3.63, 3.8) is 0 Å². The second-order valence-corrected chi connectivity index (χ2v) is 4.21. The first-order valence-corrected chi connectivity index (χ1v) is 5.44. The molecule has 2 N–H and O–H groups in total. The molecule has 0 spiro atoms. The minimum absolute atomic E-state index is 0.00981. The van der Waals surface area contributed by atoms with Gasteiger partial charge in [-0.15, -0.1) is 0 Å². The average Bonchev–Trinajstić information content (AvgIpc) is 2.20. The Morgan fingerprint density at radius 3 is 2.20 bits per heavy atom. The van der Waals surface area contributed by atoms with E-state index in [0.717, 1.165) is 11.3 Å². The molecule has 15 heavy (non-hydrogen) atoms. The fourth-order valence-corrected chi connectivity index (χ4v) is 1.87. The topological polar surface area (TPSA) is 43.1 Å². The van der Waals surface area contributed by atoms with Crippen LogP contribution < -0.4 is 5.73 Å². The molecule has 1 aromatic rings. The monoisotopic (exact) mass is 205 g/mol. The van der Waals surface area contributed by atoms with E-state index in [0.29, 0.717) is 18.1 Å². The van der Waals surface area contributed by atoms with Crippen LogP contribution in [0.4, 0.5) is 5.69 Å². The van der Waals surface area contributed by atoms with Crippen molar-refractivity contribution in [2.75, 3.05) is 5.73 Å². The van der Waals surface area contributed by atoms with Crippen LogP contribution in [0.3, 0.4) is 0 Å². The second-order valence-electron chi connectivity index (χ2n) is 4.21. The molecule has 0 aliphatic heterocycles. The summed E-state index contributed by atoms with van der Waals surface area (Å²) in [5.41, 5.74) is 7.44. The molecule has 0 aliphatic carbocycles. The van der Waals surface area contributed by atoms with E-state index >= 15 is 0 Å². The minimum Gasteiger partial charge on any atom is -0.399 e. The van der Waals surface area contributed by atoms with Gasteiger partial charge < -0.3 is 5.73 Å². The summed E-state index contributed by atoms with van der Waals surface area (Å²) in [5, 5.41) is 0. The fourth-order valence-electron chi connectivity index (χ4n) is 1.87. The van der Waals surface area contributed by atoms with E-state index < -0.39 is 0 Å².